The van der Waals surface area contributed by atoms with E-state index in [9.17, 15) is 18.0 Å². The lowest BCUT2D eigenvalue weighted by Crippen LogP contribution is -2.33. The van der Waals surface area contributed by atoms with Crippen molar-refractivity contribution in [3.05, 3.63) is 101 Å². The quantitative estimate of drug-likeness (QED) is 0.305. The lowest BCUT2D eigenvalue weighted by Gasteiger charge is -2.08. The summed E-state index contributed by atoms with van der Waals surface area (Å²) >= 11 is 0. The summed E-state index contributed by atoms with van der Waals surface area (Å²) in [5, 5.41) is 0.618. The van der Waals surface area contributed by atoms with E-state index in [0.717, 1.165) is 17.4 Å². The van der Waals surface area contributed by atoms with E-state index < -0.39 is 21.6 Å². The number of hydrogen-bond acceptors (Lipinski definition) is 6. The molecule has 0 bridgehead atoms. The number of unbranched alkanes of at least 4 members (excludes halogenated alkanes) is 1. The molecular weight excluding hydrogens is 478 g/mol. The molecule has 0 aliphatic rings. The molecule has 8 nitrogen and oxygen atoms in total. The summed E-state index contributed by atoms with van der Waals surface area (Å²) < 4.78 is 34.8. The third kappa shape index (κ3) is 3.97. The lowest BCUT2D eigenvalue weighted by molar-refractivity contribution is 0.0960. The summed E-state index contributed by atoms with van der Waals surface area (Å²) in [6.07, 6.45) is 3.41. The minimum absolute atomic E-state index is 0.100. The van der Waals surface area contributed by atoms with Gasteiger partial charge in [0, 0.05) is 17.1 Å². The van der Waals surface area contributed by atoms with Crippen LogP contribution in [0.3, 0.4) is 0 Å². The number of ether oxygens (including phenoxy) is 1. The molecule has 2 heterocycles. The van der Waals surface area contributed by atoms with Crippen molar-refractivity contribution in [2.75, 3.05) is 6.61 Å². The van der Waals surface area contributed by atoms with Gasteiger partial charge in [0.1, 0.15) is 10.6 Å². The summed E-state index contributed by atoms with van der Waals surface area (Å²) in [4.78, 5) is 31.1. The number of pyridine rings is 1. The van der Waals surface area contributed by atoms with E-state index in [0.29, 0.717) is 21.7 Å². The van der Waals surface area contributed by atoms with Crippen LogP contribution in [0.15, 0.2) is 94.7 Å². The summed E-state index contributed by atoms with van der Waals surface area (Å²) in [7, 11) is -4.39. The highest BCUT2D eigenvalue weighted by Crippen LogP contribution is 2.25. The minimum atomic E-state index is -4.39. The molecule has 0 amide bonds. The number of para-hydroxylation sites is 3. The maximum absolute atomic E-state index is 13.8. The van der Waals surface area contributed by atoms with Crippen LogP contribution in [0.2, 0.25) is 0 Å². The molecule has 0 aliphatic heterocycles. The first-order valence-corrected chi connectivity index (χ1v) is 13.0. The maximum atomic E-state index is 13.8. The molecule has 0 spiro atoms. The Labute approximate surface area is 207 Å². The fourth-order valence-corrected chi connectivity index (χ4v) is 5.65. The van der Waals surface area contributed by atoms with Gasteiger partial charge >= 0.3 is 5.69 Å². The van der Waals surface area contributed by atoms with E-state index >= 15 is 0 Å². The van der Waals surface area contributed by atoms with Crippen LogP contribution in [0.5, 0.6) is 5.75 Å². The van der Waals surface area contributed by atoms with Crippen molar-refractivity contribution in [1.29, 1.82) is 0 Å². The fourth-order valence-electron chi connectivity index (χ4n) is 4.09. The van der Waals surface area contributed by atoms with Crippen molar-refractivity contribution in [1.82, 2.24) is 13.5 Å². The van der Waals surface area contributed by atoms with Crippen molar-refractivity contribution < 1.29 is 17.9 Å². The van der Waals surface area contributed by atoms with Gasteiger partial charge in [-0.05, 0) is 55.0 Å². The van der Waals surface area contributed by atoms with Crippen molar-refractivity contribution >= 4 is 37.9 Å². The van der Waals surface area contributed by atoms with E-state index in [4.69, 9.17) is 4.74 Å². The van der Waals surface area contributed by atoms with Crippen molar-refractivity contribution in [3.8, 4) is 5.75 Å². The normalized spacial score (nSPS) is 11.7. The Hall–Kier alpha value is -4.24. The average molecular weight is 502 g/mol. The molecule has 0 fully saturated rings. The third-order valence-electron chi connectivity index (χ3n) is 5.89. The molecule has 0 atom stereocenters. The number of aromatic nitrogens is 3. The first-order valence-electron chi connectivity index (χ1n) is 11.5. The average Bonchev–Trinajstić information content (AvgIpc) is 3.20. The van der Waals surface area contributed by atoms with Crippen LogP contribution in [0.1, 0.15) is 30.1 Å². The topological polar surface area (TPSA) is 100 Å². The molecule has 36 heavy (non-hydrogen) atoms. The lowest BCUT2D eigenvalue weighted by atomic mass is 10.2. The molecule has 5 aromatic rings. The number of carbonyl (C=O) groups excluding carboxylic acids is 1. The Kier molecular flexibility index (Phi) is 6.15. The SMILES string of the molecule is CCCCOc1ccc(C(=O)n2c(=O)n(S(=O)(=O)c3cccc4cccnc34)c3ccccc32)cc1. The van der Waals surface area contributed by atoms with Gasteiger partial charge in [0.15, 0.2) is 0 Å². The van der Waals surface area contributed by atoms with Gasteiger partial charge in [-0.3, -0.25) is 9.78 Å². The third-order valence-corrected chi connectivity index (χ3v) is 7.61. The summed E-state index contributed by atoms with van der Waals surface area (Å²) in [6.45, 7) is 2.63. The van der Waals surface area contributed by atoms with Crippen LogP contribution in [0.4, 0.5) is 0 Å². The predicted molar refractivity (Wildman–Crippen MR) is 137 cm³/mol. The first-order chi connectivity index (χ1) is 17.4. The molecule has 0 aliphatic carbocycles. The Morgan fingerprint density at radius 3 is 2.39 bits per heavy atom. The second-order valence-corrected chi connectivity index (χ2v) is 9.99. The molecule has 0 unspecified atom stereocenters. The van der Waals surface area contributed by atoms with Crippen molar-refractivity contribution in [2.45, 2.75) is 24.7 Å². The molecule has 3 aromatic carbocycles. The molecule has 0 saturated heterocycles. The Morgan fingerprint density at radius 2 is 1.64 bits per heavy atom. The van der Waals surface area contributed by atoms with Crippen LogP contribution in [0, 0.1) is 0 Å². The Bertz CT molecular complexity index is 1750. The number of nitrogens with zero attached hydrogens (tertiary/aromatic N) is 3. The van der Waals surface area contributed by atoms with Crippen LogP contribution in [0.25, 0.3) is 21.9 Å². The van der Waals surface area contributed by atoms with Crippen LogP contribution in [-0.2, 0) is 10.0 Å². The summed E-state index contributed by atoms with van der Waals surface area (Å²) in [5.41, 5.74) is -0.214. The van der Waals surface area contributed by atoms with Gasteiger partial charge in [0.2, 0.25) is 0 Å². The molecule has 9 heteroatoms. The van der Waals surface area contributed by atoms with Gasteiger partial charge < -0.3 is 4.74 Å². The van der Waals surface area contributed by atoms with E-state index in [1.165, 1.54) is 18.3 Å². The monoisotopic (exact) mass is 501 g/mol. The zero-order chi connectivity index (χ0) is 25.3. The first kappa shape index (κ1) is 23.5. The highest BCUT2D eigenvalue weighted by atomic mass is 32.2. The van der Waals surface area contributed by atoms with E-state index in [1.54, 1.807) is 66.7 Å². The van der Waals surface area contributed by atoms with Crippen LogP contribution in [-0.4, -0.2) is 34.5 Å². The highest BCUT2D eigenvalue weighted by Gasteiger charge is 2.29. The Balaban J connectivity index is 1.64. The molecule has 5 rings (SSSR count). The Morgan fingerprint density at radius 1 is 0.917 bits per heavy atom. The molecule has 0 radical (unpaired) electrons. The number of carbonyl (C=O) groups is 1. The molecule has 0 N–H and O–H groups in total. The van der Waals surface area contributed by atoms with Gasteiger partial charge in [-0.1, -0.05) is 43.7 Å². The minimum Gasteiger partial charge on any atom is -0.494 e. The summed E-state index contributed by atoms with van der Waals surface area (Å²) in [5.74, 6) is -0.0258. The van der Waals surface area contributed by atoms with Crippen molar-refractivity contribution in [2.24, 2.45) is 0 Å². The van der Waals surface area contributed by atoms with E-state index in [2.05, 4.69) is 11.9 Å². The van der Waals surface area contributed by atoms with Gasteiger partial charge in [-0.15, -0.1) is 0 Å². The zero-order valence-electron chi connectivity index (χ0n) is 19.5. The number of fused-ring (bicyclic) bond motifs is 2. The molecular formula is C27H23N3O5S. The van der Waals surface area contributed by atoms with Crippen molar-refractivity contribution in [3.63, 3.8) is 0 Å². The number of benzene rings is 3. The van der Waals surface area contributed by atoms with E-state index in [1.807, 2.05) is 0 Å². The van der Waals surface area contributed by atoms with Gasteiger partial charge in [-0.25, -0.2) is 17.8 Å². The second kappa shape index (κ2) is 9.43. The number of hydrogen-bond donors (Lipinski definition) is 0. The molecule has 0 saturated carbocycles. The number of rotatable bonds is 7. The largest absolute Gasteiger partial charge is 0.494 e. The maximum Gasteiger partial charge on any atom is 0.350 e. The molecule has 2 aromatic heterocycles. The van der Waals surface area contributed by atoms with Gasteiger partial charge in [-0.2, -0.15) is 3.97 Å². The number of imidazole rings is 1. The molecule has 182 valence electrons. The fraction of sp³-hybridized carbons (Fsp3) is 0.148. The predicted octanol–water partition coefficient (Wildman–Crippen LogP) is 4.46. The van der Waals surface area contributed by atoms with Gasteiger partial charge in [0.25, 0.3) is 15.9 Å². The second-order valence-electron chi connectivity index (χ2n) is 8.24. The van der Waals surface area contributed by atoms with E-state index in [-0.39, 0.29) is 27.0 Å². The zero-order valence-corrected chi connectivity index (χ0v) is 20.3. The summed E-state index contributed by atoms with van der Waals surface area (Å²) in [6, 6.07) is 20.9. The standard InChI is InChI=1S/C27H23N3O5S/c1-2-3-18-35-21-15-13-20(14-16-21)26(31)29-22-10-4-5-11-23(22)30(27(29)32)36(33,34)24-12-6-8-19-9-7-17-28-25(19)24/h4-17H,2-3,18H2,1H3. The van der Waals surface area contributed by atoms with Crippen LogP contribution < -0.4 is 10.4 Å². The highest BCUT2D eigenvalue weighted by molar-refractivity contribution is 7.90. The van der Waals surface area contributed by atoms with Gasteiger partial charge in [0.05, 0.1) is 23.2 Å². The van der Waals surface area contributed by atoms with Crippen LogP contribution >= 0.6 is 0 Å². The smallest absolute Gasteiger partial charge is 0.350 e.